The van der Waals surface area contributed by atoms with E-state index in [0.29, 0.717) is 0 Å². The van der Waals surface area contributed by atoms with E-state index in [1.165, 1.54) is 0 Å². The van der Waals surface area contributed by atoms with Gasteiger partial charge in [-0.15, -0.1) is 0 Å². The summed E-state index contributed by atoms with van der Waals surface area (Å²) in [5.74, 6) is 0. The average molecular weight is 307 g/mol. The Kier molecular flexibility index (Phi) is 459. The summed E-state index contributed by atoms with van der Waals surface area (Å²) < 4.78 is 0. The molecule has 32 valence electrons. The molecule has 0 saturated carbocycles. The van der Waals surface area contributed by atoms with Crippen molar-refractivity contribution in [1.82, 2.24) is 0 Å². The summed E-state index contributed by atoms with van der Waals surface area (Å²) in [4.78, 5) is 0. The molecule has 0 heterocycles. The fraction of sp³-hybridized carbons (Fsp3) is 0. The summed E-state index contributed by atoms with van der Waals surface area (Å²) >= 11 is 0. The monoisotopic (exact) mass is 306 g/mol. The Bertz CT molecular complexity index is 6.00. The van der Waals surface area contributed by atoms with Crippen LogP contribution in [0.1, 0.15) is 0 Å². The largest absolute Gasteiger partial charge is 3.00 e. The van der Waals surface area contributed by atoms with Gasteiger partial charge in [-0.3, -0.25) is 0 Å². The number of hydrogen-bond acceptors (Lipinski definition) is 0. The molecule has 0 fully saturated rings. The molecular formula is C2H6AuBr. The van der Waals surface area contributed by atoms with Gasteiger partial charge >= 0.3 is 22.4 Å². The second kappa shape index (κ2) is 29.4. The maximum atomic E-state index is 0. The molecule has 0 bridgehead atoms. The van der Waals surface area contributed by atoms with Gasteiger partial charge < -0.3 is 31.8 Å². The molecule has 0 aromatic rings. The van der Waals surface area contributed by atoms with Crippen LogP contribution in [0.25, 0.3) is 0 Å². The first-order valence-corrected chi connectivity index (χ1v) is 0. The molecule has 0 N–H and O–H groups in total. The van der Waals surface area contributed by atoms with E-state index in [4.69, 9.17) is 0 Å². The number of rotatable bonds is 0. The molecule has 0 atom stereocenters. The first-order chi connectivity index (χ1) is 0. The minimum atomic E-state index is 0. The maximum absolute atomic E-state index is 0. The zero-order valence-corrected chi connectivity index (χ0v) is 6.43. The van der Waals surface area contributed by atoms with Gasteiger partial charge in [-0.2, -0.15) is 0 Å². The fourth-order valence-electron chi connectivity index (χ4n) is 0. The third-order valence-corrected chi connectivity index (χ3v) is 0. The van der Waals surface area contributed by atoms with Crippen LogP contribution in [0, 0.1) is 14.9 Å². The zero-order chi connectivity index (χ0) is 0. The van der Waals surface area contributed by atoms with Gasteiger partial charge in [0, 0.05) is 0 Å². The Morgan fingerprint density at radius 2 is 0.750 bits per heavy atom. The molecule has 0 nitrogen and oxygen atoms in total. The first kappa shape index (κ1) is 62.4. The Hall–Kier alpha value is 1.22. The fourth-order valence-corrected chi connectivity index (χ4v) is 0. The predicted molar refractivity (Wildman–Crippen MR) is 12.8 cm³/mol. The van der Waals surface area contributed by atoms with Crippen LogP contribution >= 0.6 is 0 Å². The van der Waals surface area contributed by atoms with Gasteiger partial charge in [-0.05, 0) is 0 Å². The van der Waals surface area contributed by atoms with E-state index >= 15 is 0 Å². The maximum Gasteiger partial charge on any atom is 3.00 e. The molecule has 0 aliphatic carbocycles. The first-order valence-electron chi connectivity index (χ1n) is 0. The predicted octanol–water partition coefficient (Wildman–Crippen LogP) is -2.10. The van der Waals surface area contributed by atoms with Crippen molar-refractivity contribution in [2.45, 2.75) is 0 Å². The second-order valence-corrected chi connectivity index (χ2v) is 0. The minimum absolute atomic E-state index is 0. The average Bonchev–Trinajstić information content (AvgIpc) is 0. The minimum Gasteiger partial charge on any atom is -1.00 e. The van der Waals surface area contributed by atoms with Crippen molar-refractivity contribution < 1.29 is 39.4 Å². The van der Waals surface area contributed by atoms with Crippen LogP contribution < -0.4 is 17.0 Å². The normalized spacial score (nSPS) is 0. The molecular weight excluding hydrogens is 301 g/mol. The standard InChI is InChI=1S/2CH3.Au.BrH/h2*1H3;;1H/q2*-1;+3;/p-1. The number of hydrogen-bond donors (Lipinski definition) is 0. The van der Waals surface area contributed by atoms with Gasteiger partial charge in [0.15, 0.2) is 0 Å². The van der Waals surface area contributed by atoms with Crippen LogP contribution in [0.2, 0.25) is 0 Å². The van der Waals surface area contributed by atoms with Crippen molar-refractivity contribution in [3.63, 3.8) is 0 Å². The molecule has 0 rings (SSSR count). The van der Waals surface area contributed by atoms with E-state index in [1.54, 1.807) is 0 Å². The topological polar surface area (TPSA) is 0 Å². The van der Waals surface area contributed by atoms with Crippen LogP contribution in [0.15, 0.2) is 0 Å². The molecule has 0 aliphatic heterocycles. The van der Waals surface area contributed by atoms with Gasteiger partial charge in [0.05, 0.1) is 0 Å². The van der Waals surface area contributed by atoms with Crippen molar-refractivity contribution in [1.29, 1.82) is 0 Å². The van der Waals surface area contributed by atoms with E-state index in [0.717, 1.165) is 0 Å². The smallest absolute Gasteiger partial charge is 1.00 e. The Labute approximate surface area is 54.3 Å². The molecule has 4 heavy (non-hydrogen) atoms. The van der Waals surface area contributed by atoms with Crippen LogP contribution in [0.5, 0.6) is 0 Å². The molecule has 0 amide bonds. The molecule has 0 spiro atoms. The molecule has 0 saturated heterocycles. The number of halogens is 1. The van der Waals surface area contributed by atoms with Crippen molar-refractivity contribution >= 4 is 0 Å². The van der Waals surface area contributed by atoms with Crippen molar-refractivity contribution in [2.24, 2.45) is 0 Å². The van der Waals surface area contributed by atoms with Crippen molar-refractivity contribution in [3.8, 4) is 0 Å². The molecule has 0 aromatic heterocycles. The quantitative estimate of drug-likeness (QED) is 0.355. The van der Waals surface area contributed by atoms with Crippen LogP contribution in [-0.2, 0) is 22.4 Å². The molecule has 2 heteroatoms. The van der Waals surface area contributed by atoms with E-state index in [2.05, 4.69) is 0 Å². The summed E-state index contributed by atoms with van der Waals surface area (Å²) in [6.45, 7) is 0. The van der Waals surface area contributed by atoms with E-state index in [9.17, 15) is 0 Å². The van der Waals surface area contributed by atoms with Crippen LogP contribution in [0.3, 0.4) is 0 Å². The molecule has 0 radical (unpaired) electrons. The zero-order valence-electron chi connectivity index (χ0n) is 2.68. The summed E-state index contributed by atoms with van der Waals surface area (Å²) in [5.41, 5.74) is 0. The summed E-state index contributed by atoms with van der Waals surface area (Å²) in [6.07, 6.45) is 0. The van der Waals surface area contributed by atoms with Gasteiger partial charge in [0.2, 0.25) is 0 Å². The molecule has 0 aromatic carbocycles. The summed E-state index contributed by atoms with van der Waals surface area (Å²) in [6, 6.07) is 0. The SMILES string of the molecule is [Au+3].[Br-].[CH3-].[CH3-]. The van der Waals surface area contributed by atoms with E-state index in [-0.39, 0.29) is 54.2 Å². The van der Waals surface area contributed by atoms with Crippen molar-refractivity contribution in [3.05, 3.63) is 14.9 Å². The van der Waals surface area contributed by atoms with Crippen LogP contribution in [-0.4, -0.2) is 0 Å². The van der Waals surface area contributed by atoms with Gasteiger partial charge in [-0.1, -0.05) is 0 Å². The third kappa shape index (κ3) is 10.7. The van der Waals surface area contributed by atoms with Gasteiger partial charge in [0.25, 0.3) is 0 Å². The van der Waals surface area contributed by atoms with Crippen molar-refractivity contribution in [2.75, 3.05) is 0 Å². The van der Waals surface area contributed by atoms with E-state index in [1.807, 2.05) is 0 Å². The Morgan fingerprint density at radius 3 is 0.750 bits per heavy atom. The van der Waals surface area contributed by atoms with E-state index < -0.39 is 0 Å². The molecule has 0 aliphatic rings. The van der Waals surface area contributed by atoms with Gasteiger partial charge in [-0.25, -0.2) is 0 Å². The van der Waals surface area contributed by atoms with Crippen LogP contribution in [0.4, 0.5) is 0 Å². The Balaban J connectivity index is 0. The third-order valence-electron chi connectivity index (χ3n) is 0. The summed E-state index contributed by atoms with van der Waals surface area (Å²) in [5, 5.41) is 0. The van der Waals surface area contributed by atoms with Gasteiger partial charge in [0.1, 0.15) is 0 Å². The summed E-state index contributed by atoms with van der Waals surface area (Å²) in [7, 11) is 0. The second-order valence-electron chi connectivity index (χ2n) is 0. The Morgan fingerprint density at radius 1 is 0.750 bits per heavy atom. The molecule has 0 unspecified atom stereocenters.